The second-order valence-corrected chi connectivity index (χ2v) is 4.92. The van der Waals surface area contributed by atoms with Gasteiger partial charge < -0.3 is 5.11 Å². The Hall–Kier alpha value is -1.34. The van der Waals surface area contributed by atoms with E-state index in [2.05, 4.69) is 67.7 Å². The molecular formula is C20H32O. The highest BCUT2D eigenvalue weighted by Crippen LogP contribution is 1.98. The van der Waals surface area contributed by atoms with Crippen LogP contribution in [0.3, 0.4) is 0 Å². The highest BCUT2D eigenvalue weighted by Gasteiger charge is 1.80. The third kappa shape index (κ3) is 18.7. The first-order valence-electron chi connectivity index (χ1n) is 8.27. The van der Waals surface area contributed by atoms with E-state index in [0.29, 0.717) is 6.61 Å². The summed E-state index contributed by atoms with van der Waals surface area (Å²) >= 11 is 0. The fourth-order valence-electron chi connectivity index (χ4n) is 1.73. The van der Waals surface area contributed by atoms with Crippen molar-refractivity contribution in [3.8, 4) is 0 Å². The molecule has 0 spiro atoms. The molecule has 1 heteroatoms. The van der Waals surface area contributed by atoms with E-state index in [0.717, 1.165) is 51.4 Å². The third-order valence-electron chi connectivity index (χ3n) is 2.91. The lowest BCUT2D eigenvalue weighted by Gasteiger charge is -1.89. The van der Waals surface area contributed by atoms with Crippen LogP contribution >= 0.6 is 0 Å². The molecule has 1 N–H and O–H groups in total. The van der Waals surface area contributed by atoms with E-state index < -0.39 is 0 Å². The molecule has 118 valence electrons. The summed E-state index contributed by atoms with van der Waals surface area (Å²) in [4.78, 5) is 0. The van der Waals surface area contributed by atoms with Crippen LogP contribution in [0.1, 0.15) is 58.3 Å². The van der Waals surface area contributed by atoms with Crippen molar-refractivity contribution in [3.05, 3.63) is 60.8 Å². The van der Waals surface area contributed by atoms with Crippen molar-refractivity contribution in [1.82, 2.24) is 0 Å². The molecule has 0 radical (unpaired) electrons. The number of hydrogen-bond acceptors (Lipinski definition) is 1. The van der Waals surface area contributed by atoms with Crippen molar-refractivity contribution in [1.29, 1.82) is 0 Å². The standard InChI is InChI=1S/C20H32O/c1-2-3-4-5-6-7-8-9-10-11-12-13-14-15-16-17-18-19-20-21/h3-4,6-7,9-10,12-13,16-17,21H,2,5,8,11,14-15,18-20H2,1H3/b4-3-,7-6-,10-9-,13-12-,17-16+. The summed E-state index contributed by atoms with van der Waals surface area (Å²) in [7, 11) is 0. The molecule has 0 saturated heterocycles. The van der Waals surface area contributed by atoms with Crippen LogP contribution in [0, 0.1) is 0 Å². The summed E-state index contributed by atoms with van der Waals surface area (Å²) in [5.41, 5.74) is 0. The van der Waals surface area contributed by atoms with Gasteiger partial charge in [-0.25, -0.2) is 0 Å². The van der Waals surface area contributed by atoms with Crippen LogP contribution in [-0.2, 0) is 0 Å². The van der Waals surface area contributed by atoms with Gasteiger partial charge in [-0.3, -0.25) is 0 Å². The number of unbranched alkanes of at least 4 members (excludes halogenated alkanes) is 2. The Balaban J connectivity index is 3.40. The van der Waals surface area contributed by atoms with Gasteiger partial charge in [0.15, 0.2) is 0 Å². The number of aliphatic hydroxyl groups is 1. The first-order chi connectivity index (χ1) is 10.4. The molecule has 0 aliphatic carbocycles. The molecule has 0 aliphatic heterocycles. The number of allylic oxidation sites excluding steroid dienone is 10. The van der Waals surface area contributed by atoms with E-state index in [1.54, 1.807) is 0 Å². The van der Waals surface area contributed by atoms with E-state index in [1.165, 1.54) is 0 Å². The van der Waals surface area contributed by atoms with Crippen molar-refractivity contribution in [2.45, 2.75) is 58.3 Å². The molecular weight excluding hydrogens is 256 g/mol. The average Bonchev–Trinajstić information content (AvgIpc) is 2.50. The molecule has 0 unspecified atom stereocenters. The third-order valence-corrected chi connectivity index (χ3v) is 2.91. The van der Waals surface area contributed by atoms with Crippen LogP contribution in [0.2, 0.25) is 0 Å². The Morgan fingerprint density at radius 1 is 0.571 bits per heavy atom. The van der Waals surface area contributed by atoms with Crippen LogP contribution in [-0.4, -0.2) is 11.7 Å². The molecule has 0 aromatic heterocycles. The van der Waals surface area contributed by atoms with Gasteiger partial charge in [0.1, 0.15) is 0 Å². The van der Waals surface area contributed by atoms with Crippen molar-refractivity contribution in [2.75, 3.05) is 6.61 Å². The molecule has 0 bridgehead atoms. The molecule has 0 heterocycles. The molecule has 0 atom stereocenters. The second kappa shape index (κ2) is 18.7. The first kappa shape index (κ1) is 19.7. The normalized spacial score (nSPS) is 13.0. The van der Waals surface area contributed by atoms with E-state index in [9.17, 15) is 0 Å². The maximum Gasteiger partial charge on any atom is 0.0433 e. The minimum atomic E-state index is 0.293. The molecule has 21 heavy (non-hydrogen) atoms. The zero-order valence-corrected chi connectivity index (χ0v) is 13.6. The number of hydrogen-bond donors (Lipinski definition) is 1. The highest BCUT2D eigenvalue weighted by molar-refractivity contribution is 4.99. The molecule has 0 saturated carbocycles. The molecule has 0 aromatic carbocycles. The van der Waals surface area contributed by atoms with Crippen molar-refractivity contribution < 1.29 is 5.11 Å². The van der Waals surface area contributed by atoms with Crippen LogP contribution in [0.15, 0.2) is 60.8 Å². The van der Waals surface area contributed by atoms with Gasteiger partial charge in [-0.2, -0.15) is 0 Å². The first-order valence-corrected chi connectivity index (χ1v) is 8.27. The van der Waals surface area contributed by atoms with Crippen LogP contribution < -0.4 is 0 Å². The lowest BCUT2D eigenvalue weighted by molar-refractivity contribution is 0.289. The summed E-state index contributed by atoms with van der Waals surface area (Å²) in [6.07, 6.45) is 30.4. The molecule has 0 aliphatic rings. The summed E-state index contributed by atoms with van der Waals surface area (Å²) < 4.78 is 0. The molecule has 0 aromatic rings. The fourth-order valence-corrected chi connectivity index (χ4v) is 1.73. The van der Waals surface area contributed by atoms with E-state index in [-0.39, 0.29) is 0 Å². The van der Waals surface area contributed by atoms with Crippen LogP contribution in [0.5, 0.6) is 0 Å². The zero-order valence-electron chi connectivity index (χ0n) is 13.6. The monoisotopic (exact) mass is 288 g/mol. The minimum Gasteiger partial charge on any atom is -0.396 e. The van der Waals surface area contributed by atoms with Gasteiger partial charge >= 0.3 is 0 Å². The maximum atomic E-state index is 8.63. The zero-order chi connectivity index (χ0) is 15.4. The largest absolute Gasteiger partial charge is 0.396 e. The highest BCUT2D eigenvalue weighted by atomic mass is 16.2. The molecule has 0 rings (SSSR count). The van der Waals surface area contributed by atoms with Gasteiger partial charge in [0.2, 0.25) is 0 Å². The van der Waals surface area contributed by atoms with Crippen LogP contribution in [0.25, 0.3) is 0 Å². The van der Waals surface area contributed by atoms with E-state index in [1.807, 2.05) is 0 Å². The predicted molar refractivity (Wildman–Crippen MR) is 95.4 cm³/mol. The van der Waals surface area contributed by atoms with Gasteiger partial charge in [0, 0.05) is 6.61 Å². The van der Waals surface area contributed by atoms with Gasteiger partial charge in [-0.05, 0) is 51.4 Å². The van der Waals surface area contributed by atoms with E-state index in [4.69, 9.17) is 5.11 Å². The lowest BCUT2D eigenvalue weighted by Crippen LogP contribution is -1.78. The van der Waals surface area contributed by atoms with Crippen molar-refractivity contribution >= 4 is 0 Å². The second-order valence-electron chi connectivity index (χ2n) is 4.92. The predicted octanol–water partition coefficient (Wildman–Crippen LogP) is 5.90. The maximum absolute atomic E-state index is 8.63. The van der Waals surface area contributed by atoms with Crippen LogP contribution in [0.4, 0.5) is 0 Å². The average molecular weight is 288 g/mol. The summed E-state index contributed by atoms with van der Waals surface area (Å²) in [6.45, 7) is 2.45. The molecule has 0 fully saturated rings. The van der Waals surface area contributed by atoms with E-state index >= 15 is 0 Å². The summed E-state index contributed by atoms with van der Waals surface area (Å²) in [5, 5.41) is 8.63. The quantitative estimate of drug-likeness (QED) is 0.330. The fraction of sp³-hybridized carbons (Fsp3) is 0.500. The Morgan fingerprint density at radius 3 is 1.52 bits per heavy atom. The Bertz CT molecular complexity index is 332. The summed E-state index contributed by atoms with van der Waals surface area (Å²) in [6, 6.07) is 0. The van der Waals surface area contributed by atoms with Gasteiger partial charge in [0.05, 0.1) is 0 Å². The smallest absolute Gasteiger partial charge is 0.0433 e. The topological polar surface area (TPSA) is 20.2 Å². The van der Waals surface area contributed by atoms with Gasteiger partial charge in [-0.15, -0.1) is 0 Å². The van der Waals surface area contributed by atoms with Gasteiger partial charge in [0.25, 0.3) is 0 Å². The van der Waals surface area contributed by atoms with Crippen molar-refractivity contribution in [3.63, 3.8) is 0 Å². The number of rotatable bonds is 13. The number of aliphatic hydroxyl groups excluding tert-OH is 1. The molecule has 1 nitrogen and oxygen atoms in total. The lowest BCUT2D eigenvalue weighted by atomic mass is 10.2. The van der Waals surface area contributed by atoms with Crippen molar-refractivity contribution in [2.24, 2.45) is 0 Å². The Morgan fingerprint density at radius 2 is 1.00 bits per heavy atom. The Kier molecular flexibility index (Phi) is 17.5. The Labute approximate surface area is 131 Å². The molecule has 0 amide bonds. The minimum absolute atomic E-state index is 0.293. The van der Waals surface area contributed by atoms with Gasteiger partial charge in [-0.1, -0.05) is 67.7 Å². The summed E-state index contributed by atoms with van der Waals surface area (Å²) in [5.74, 6) is 0. The SMILES string of the molecule is CC/C=C\C/C=C\C/C=C\C/C=C\CC/C=C/CCCO.